The zero-order valence-corrected chi connectivity index (χ0v) is 28.4. The molecule has 51 heavy (non-hydrogen) atoms. The molecule has 0 aliphatic heterocycles. The molecule has 6 N–H and O–H groups in total. The van der Waals surface area contributed by atoms with Gasteiger partial charge in [-0.1, -0.05) is 60.7 Å². The molecule has 4 atom stereocenters. The van der Waals surface area contributed by atoms with Crippen LogP contribution in [0.1, 0.15) is 38.8 Å². The van der Waals surface area contributed by atoms with Crippen molar-refractivity contribution in [3.05, 3.63) is 120 Å². The first-order valence-electron chi connectivity index (χ1n) is 16.1. The van der Waals surface area contributed by atoms with Gasteiger partial charge in [0.1, 0.15) is 12.1 Å². The second-order valence-corrected chi connectivity index (χ2v) is 12.3. The molecule has 0 unspecified atom stereocenters. The molecule has 0 saturated heterocycles. The minimum Gasteiger partial charge on any atom is -0.416 e. The van der Waals surface area contributed by atoms with Crippen LogP contribution in [0.2, 0.25) is 0 Å². The Labute approximate surface area is 294 Å². The van der Waals surface area contributed by atoms with E-state index in [1.54, 1.807) is 123 Å². The Hall–Kier alpha value is -6.18. The highest BCUT2D eigenvalue weighted by Crippen LogP contribution is 2.27. The fourth-order valence-corrected chi connectivity index (χ4v) is 4.98. The van der Waals surface area contributed by atoms with Gasteiger partial charge < -0.3 is 25.3 Å². The molecular formula is C38H38N6O7. The summed E-state index contributed by atoms with van der Waals surface area (Å²) in [5, 5.41) is 40.2. The molecule has 0 aliphatic carbocycles. The summed E-state index contributed by atoms with van der Waals surface area (Å²) < 4.78 is 5.88. The summed E-state index contributed by atoms with van der Waals surface area (Å²) in [5.74, 6) is -2.35. The lowest BCUT2D eigenvalue weighted by atomic mass is 9.95. The van der Waals surface area contributed by atoms with Crippen LogP contribution in [0.15, 0.2) is 114 Å². The van der Waals surface area contributed by atoms with Crippen LogP contribution in [0.25, 0.3) is 22.9 Å². The van der Waals surface area contributed by atoms with Crippen LogP contribution in [0.5, 0.6) is 0 Å². The van der Waals surface area contributed by atoms with E-state index in [0.29, 0.717) is 33.6 Å². The smallest absolute Gasteiger partial charge is 0.262 e. The third kappa shape index (κ3) is 8.52. The number of hydrogen-bond acceptors (Lipinski definition) is 11. The molecule has 0 saturated carbocycles. The summed E-state index contributed by atoms with van der Waals surface area (Å²) in [6.45, 7) is 5.84. The predicted octanol–water partition coefficient (Wildman–Crippen LogP) is 4.11. The number of aromatic nitrogens is 2. The van der Waals surface area contributed by atoms with Crippen molar-refractivity contribution < 1.29 is 33.8 Å². The summed E-state index contributed by atoms with van der Waals surface area (Å²) in [6.07, 6.45) is 0. The highest BCUT2D eigenvalue weighted by atomic mass is 16.4. The summed E-state index contributed by atoms with van der Waals surface area (Å²) in [4.78, 5) is 50.7. The Morgan fingerprint density at radius 1 is 0.569 bits per heavy atom. The Morgan fingerprint density at radius 2 is 0.902 bits per heavy atom. The van der Waals surface area contributed by atoms with Gasteiger partial charge >= 0.3 is 0 Å². The number of imide groups is 2. The average Bonchev–Trinajstić information content (AvgIpc) is 3.63. The highest BCUT2D eigenvalue weighted by molar-refractivity contribution is 6.03. The number of anilines is 2. The number of carbonyl (C=O) groups excluding carboxylic acids is 4. The third-order valence-corrected chi connectivity index (χ3v) is 8.27. The third-order valence-electron chi connectivity index (χ3n) is 8.27. The van der Waals surface area contributed by atoms with E-state index in [4.69, 9.17) is 4.42 Å². The van der Waals surface area contributed by atoms with Crippen LogP contribution in [0.4, 0.5) is 11.4 Å². The van der Waals surface area contributed by atoms with E-state index >= 15 is 0 Å². The molecule has 5 rings (SSSR count). The van der Waals surface area contributed by atoms with Crippen molar-refractivity contribution in [2.75, 3.05) is 10.6 Å². The zero-order chi connectivity index (χ0) is 36.8. The number of carbonyl (C=O) groups is 4. The van der Waals surface area contributed by atoms with Crippen molar-refractivity contribution in [3.63, 3.8) is 0 Å². The van der Waals surface area contributed by atoms with Crippen LogP contribution >= 0.6 is 0 Å². The highest BCUT2D eigenvalue weighted by Gasteiger charge is 2.35. The first-order chi connectivity index (χ1) is 24.3. The molecule has 5 aromatic rings. The lowest BCUT2D eigenvalue weighted by Crippen LogP contribution is -2.49. The van der Waals surface area contributed by atoms with Gasteiger partial charge in [0, 0.05) is 22.5 Å². The SMILES string of the molecule is C[C@H](Nc1ccc(-c2nnc(-c3ccc(N[C@@H](C)C(=O)NC(=O)[C@@](C)(O)c4ccccc4)cc3)o2)cc1)C(=O)NC(=O)[C@@](C)(O)c1ccccc1. The van der Waals surface area contributed by atoms with Crippen LogP contribution in [0, 0.1) is 0 Å². The number of hydrogen-bond donors (Lipinski definition) is 6. The molecule has 0 spiro atoms. The molecule has 262 valence electrons. The maximum atomic E-state index is 12.7. The molecular weight excluding hydrogens is 652 g/mol. The Balaban J connectivity index is 1.13. The normalized spacial score (nSPS) is 14.5. The van der Waals surface area contributed by atoms with E-state index in [2.05, 4.69) is 31.5 Å². The van der Waals surface area contributed by atoms with Gasteiger partial charge in [-0.15, -0.1) is 10.2 Å². The first-order valence-corrected chi connectivity index (χ1v) is 16.1. The molecule has 0 bridgehead atoms. The Morgan fingerprint density at radius 3 is 1.24 bits per heavy atom. The van der Waals surface area contributed by atoms with Gasteiger partial charge in [0.2, 0.25) is 23.6 Å². The molecule has 4 aromatic carbocycles. The van der Waals surface area contributed by atoms with Gasteiger partial charge in [-0.25, -0.2) is 0 Å². The molecule has 4 amide bonds. The minimum absolute atomic E-state index is 0.264. The molecule has 0 fully saturated rings. The summed E-state index contributed by atoms with van der Waals surface area (Å²) in [7, 11) is 0. The van der Waals surface area contributed by atoms with Gasteiger partial charge in [-0.05, 0) is 87.4 Å². The minimum atomic E-state index is -1.88. The van der Waals surface area contributed by atoms with Crippen molar-refractivity contribution in [3.8, 4) is 22.9 Å². The number of amides is 4. The van der Waals surface area contributed by atoms with E-state index in [0.717, 1.165) is 0 Å². The largest absolute Gasteiger partial charge is 0.416 e. The van der Waals surface area contributed by atoms with E-state index in [1.807, 2.05) is 0 Å². The van der Waals surface area contributed by atoms with E-state index < -0.39 is 46.9 Å². The van der Waals surface area contributed by atoms with Crippen LogP contribution in [-0.2, 0) is 30.4 Å². The number of nitrogens with one attached hydrogen (secondary N) is 4. The lowest BCUT2D eigenvalue weighted by Gasteiger charge is -2.23. The van der Waals surface area contributed by atoms with Gasteiger partial charge in [0.25, 0.3) is 11.8 Å². The Bertz CT molecular complexity index is 1850. The number of nitrogens with zero attached hydrogens (tertiary/aromatic N) is 2. The van der Waals surface area contributed by atoms with Crippen molar-refractivity contribution >= 4 is 35.0 Å². The number of benzene rings is 4. The molecule has 0 aliphatic rings. The summed E-state index contributed by atoms with van der Waals surface area (Å²) in [6, 6.07) is 28.9. The monoisotopic (exact) mass is 690 g/mol. The van der Waals surface area contributed by atoms with Gasteiger partial charge in [-0.3, -0.25) is 29.8 Å². The standard InChI is InChI=1S/C38H38N6O7/c1-23(31(45)41-35(47)37(3,49)27-11-7-5-8-12-27)39-29-19-15-25(16-20-29)33-43-44-34(51-33)26-17-21-30(22-18-26)40-24(2)32(46)42-36(48)38(4,50)28-13-9-6-10-14-28/h5-24,39-40,49-50H,1-4H3,(H,41,45,47)(H,42,46,48)/t23-,24-,37-,38-/m0/s1. The molecule has 1 aromatic heterocycles. The zero-order valence-electron chi connectivity index (χ0n) is 28.4. The van der Waals surface area contributed by atoms with Gasteiger partial charge in [0.05, 0.1) is 0 Å². The Kier molecular flexibility index (Phi) is 10.7. The number of aliphatic hydroxyl groups is 2. The topological polar surface area (TPSA) is 196 Å². The van der Waals surface area contributed by atoms with Gasteiger partial charge in [0.15, 0.2) is 11.2 Å². The van der Waals surface area contributed by atoms with E-state index in [1.165, 1.54) is 13.8 Å². The van der Waals surface area contributed by atoms with E-state index in [9.17, 15) is 29.4 Å². The maximum absolute atomic E-state index is 12.7. The van der Waals surface area contributed by atoms with Crippen LogP contribution < -0.4 is 21.3 Å². The molecule has 13 heteroatoms. The molecule has 13 nitrogen and oxygen atoms in total. The fourth-order valence-electron chi connectivity index (χ4n) is 4.98. The van der Waals surface area contributed by atoms with E-state index in [-0.39, 0.29) is 11.8 Å². The second-order valence-electron chi connectivity index (χ2n) is 12.3. The van der Waals surface area contributed by atoms with Crippen molar-refractivity contribution in [1.82, 2.24) is 20.8 Å². The van der Waals surface area contributed by atoms with Crippen LogP contribution in [0.3, 0.4) is 0 Å². The van der Waals surface area contributed by atoms with Crippen LogP contribution in [-0.4, -0.2) is 56.1 Å². The summed E-state index contributed by atoms with van der Waals surface area (Å²) in [5.41, 5.74) is -0.582. The average molecular weight is 691 g/mol. The van der Waals surface area contributed by atoms with Crippen molar-refractivity contribution in [1.29, 1.82) is 0 Å². The first kappa shape index (κ1) is 36.1. The lowest BCUT2D eigenvalue weighted by molar-refractivity contribution is -0.144. The van der Waals surface area contributed by atoms with Crippen molar-refractivity contribution in [2.45, 2.75) is 51.0 Å². The predicted molar refractivity (Wildman–Crippen MR) is 190 cm³/mol. The van der Waals surface area contributed by atoms with Crippen molar-refractivity contribution in [2.24, 2.45) is 0 Å². The second kappa shape index (κ2) is 15.2. The quantitative estimate of drug-likeness (QED) is 0.110. The van der Waals surface area contributed by atoms with Gasteiger partial charge in [-0.2, -0.15) is 0 Å². The maximum Gasteiger partial charge on any atom is 0.262 e. The molecule has 1 heterocycles. The fraction of sp³-hybridized carbons (Fsp3) is 0.211. The number of rotatable bonds is 12. The summed E-state index contributed by atoms with van der Waals surface area (Å²) >= 11 is 0. The molecule has 0 radical (unpaired) electrons.